The van der Waals surface area contributed by atoms with Gasteiger partial charge in [-0.15, -0.1) is 0 Å². The van der Waals surface area contributed by atoms with Crippen molar-refractivity contribution in [2.75, 3.05) is 16.3 Å². The molecule has 112 valence electrons. The number of amides is 1. The second-order valence-corrected chi connectivity index (χ2v) is 6.54. The number of halogens is 1. The average Bonchev–Trinajstić information content (AvgIpc) is 2.31. The van der Waals surface area contributed by atoms with Crippen molar-refractivity contribution >= 4 is 27.3 Å². The molecule has 0 aliphatic rings. The van der Waals surface area contributed by atoms with E-state index in [1.54, 1.807) is 13.8 Å². The van der Waals surface area contributed by atoms with Crippen molar-refractivity contribution in [2.45, 2.75) is 25.8 Å². The molecule has 0 radical (unpaired) electrons. The van der Waals surface area contributed by atoms with Crippen molar-refractivity contribution in [2.24, 2.45) is 5.73 Å². The van der Waals surface area contributed by atoms with Crippen LogP contribution in [0.25, 0.3) is 0 Å². The number of benzene rings is 1. The minimum Gasteiger partial charge on any atom is -0.324 e. The number of nitrogens with one attached hydrogen (secondary N) is 2. The van der Waals surface area contributed by atoms with Gasteiger partial charge in [-0.3, -0.25) is 9.52 Å². The highest BCUT2D eigenvalue weighted by atomic mass is 32.2. The van der Waals surface area contributed by atoms with Crippen LogP contribution in [-0.4, -0.2) is 26.1 Å². The largest absolute Gasteiger partial charge is 0.324 e. The molecule has 0 aliphatic carbocycles. The van der Waals surface area contributed by atoms with Gasteiger partial charge in [0.1, 0.15) is 5.82 Å². The number of carbonyl (C=O) groups is 1. The number of rotatable bonds is 5. The van der Waals surface area contributed by atoms with Crippen LogP contribution in [0.1, 0.15) is 20.3 Å². The van der Waals surface area contributed by atoms with Crippen molar-refractivity contribution in [3.05, 3.63) is 24.0 Å². The fourth-order valence-electron chi connectivity index (χ4n) is 1.32. The first kappa shape index (κ1) is 16.4. The summed E-state index contributed by atoms with van der Waals surface area (Å²) in [7, 11) is -3.61. The fraction of sp³-hybridized carbons (Fsp3) is 0.417. The van der Waals surface area contributed by atoms with E-state index >= 15 is 0 Å². The van der Waals surface area contributed by atoms with Crippen molar-refractivity contribution < 1.29 is 17.6 Å². The van der Waals surface area contributed by atoms with Crippen LogP contribution < -0.4 is 15.8 Å². The maximum absolute atomic E-state index is 13.5. The Kier molecular flexibility index (Phi) is 4.72. The number of anilines is 2. The lowest BCUT2D eigenvalue weighted by atomic mass is 9.99. The number of nitrogens with two attached hydrogens (primary N) is 1. The van der Waals surface area contributed by atoms with E-state index in [4.69, 9.17) is 5.73 Å². The maximum Gasteiger partial charge on any atom is 0.244 e. The Morgan fingerprint density at radius 3 is 2.55 bits per heavy atom. The summed E-state index contributed by atoms with van der Waals surface area (Å²) in [6, 6.07) is 3.58. The molecule has 8 heteroatoms. The predicted molar refractivity (Wildman–Crippen MR) is 76.4 cm³/mol. The lowest BCUT2D eigenvalue weighted by Gasteiger charge is -2.21. The molecule has 1 aromatic rings. The Bertz CT molecular complexity index is 614. The minimum absolute atomic E-state index is 0.236. The fourth-order valence-corrected chi connectivity index (χ4v) is 1.87. The molecule has 0 saturated carbocycles. The zero-order valence-electron chi connectivity index (χ0n) is 11.5. The van der Waals surface area contributed by atoms with Crippen molar-refractivity contribution in [3.8, 4) is 0 Å². The van der Waals surface area contributed by atoms with Crippen molar-refractivity contribution in [1.82, 2.24) is 0 Å². The van der Waals surface area contributed by atoms with E-state index in [1.165, 1.54) is 12.1 Å². The van der Waals surface area contributed by atoms with E-state index in [0.717, 1.165) is 12.3 Å². The third kappa shape index (κ3) is 4.46. The lowest BCUT2D eigenvalue weighted by molar-refractivity contribution is -0.120. The quantitative estimate of drug-likeness (QED) is 0.762. The molecule has 1 amide bonds. The molecule has 0 heterocycles. The molecule has 0 spiro atoms. The first-order chi connectivity index (χ1) is 9.05. The summed E-state index contributed by atoms with van der Waals surface area (Å²) in [5.41, 5.74) is 4.74. The smallest absolute Gasteiger partial charge is 0.244 e. The summed E-state index contributed by atoms with van der Waals surface area (Å²) in [6.07, 6.45) is 1.33. The Labute approximate surface area is 117 Å². The Morgan fingerprint density at radius 1 is 1.45 bits per heavy atom. The highest BCUT2D eigenvalue weighted by Gasteiger charge is 2.26. The average molecular weight is 303 g/mol. The highest BCUT2D eigenvalue weighted by Crippen LogP contribution is 2.21. The van der Waals surface area contributed by atoms with Gasteiger partial charge in [-0.1, -0.05) is 6.92 Å². The third-order valence-electron chi connectivity index (χ3n) is 2.77. The van der Waals surface area contributed by atoms with Crippen LogP contribution in [0, 0.1) is 5.82 Å². The summed E-state index contributed by atoms with van der Waals surface area (Å²) in [4.78, 5) is 11.9. The molecular formula is C12H18FN3O3S. The number of carbonyl (C=O) groups excluding carboxylic acids is 1. The molecule has 0 fully saturated rings. The van der Waals surface area contributed by atoms with Crippen LogP contribution in [-0.2, 0) is 14.8 Å². The number of hydrogen-bond acceptors (Lipinski definition) is 4. The van der Waals surface area contributed by atoms with E-state index in [1.807, 2.05) is 4.72 Å². The first-order valence-electron chi connectivity index (χ1n) is 5.93. The summed E-state index contributed by atoms with van der Waals surface area (Å²) in [5, 5.41) is 2.52. The summed E-state index contributed by atoms with van der Waals surface area (Å²) in [5.74, 6) is -1.17. The molecule has 0 aliphatic heterocycles. The monoisotopic (exact) mass is 303 g/mol. The molecule has 1 unspecified atom stereocenters. The van der Waals surface area contributed by atoms with E-state index in [-0.39, 0.29) is 11.4 Å². The molecule has 20 heavy (non-hydrogen) atoms. The van der Waals surface area contributed by atoms with E-state index in [9.17, 15) is 17.6 Å². The SMILES string of the molecule is CCC(C)(N)C(=O)Nc1ccc(F)c(NS(C)(=O)=O)c1. The van der Waals surface area contributed by atoms with Gasteiger partial charge in [-0.2, -0.15) is 0 Å². The Hall–Kier alpha value is -1.67. The molecule has 0 bridgehead atoms. The Morgan fingerprint density at radius 2 is 2.05 bits per heavy atom. The number of hydrogen-bond donors (Lipinski definition) is 3. The van der Waals surface area contributed by atoms with Gasteiger partial charge in [0.2, 0.25) is 15.9 Å². The molecule has 1 rings (SSSR count). The van der Waals surface area contributed by atoms with Crippen LogP contribution >= 0.6 is 0 Å². The van der Waals surface area contributed by atoms with E-state index < -0.39 is 27.3 Å². The lowest BCUT2D eigenvalue weighted by Crippen LogP contribution is -2.47. The van der Waals surface area contributed by atoms with Crippen LogP contribution in [0.5, 0.6) is 0 Å². The van der Waals surface area contributed by atoms with Gasteiger partial charge < -0.3 is 11.1 Å². The normalized spacial score (nSPS) is 14.4. The van der Waals surface area contributed by atoms with Gasteiger partial charge in [0.05, 0.1) is 17.5 Å². The van der Waals surface area contributed by atoms with Gasteiger partial charge in [0, 0.05) is 5.69 Å². The molecule has 0 saturated heterocycles. The topological polar surface area (TPSA) is 101 Å². The molecule has 1 atom stereocenters. The summed E-state index contributed by atoms with van der Waals surface area (Å²) in [6.45, 7) is 3.34. The zero-order chi connectivity index (χ0) is 15.6. The second kappa shape index (κ2) is 5.76. The molecule has 4 N–H and O–H groups in total. The predicted octanol–water partition coefficient (Wildman–Crippen LogP) is 1.26. The van der Waals surface area contributed by atoms with Gasteiger partial charge >= 0.3 is 0 Å². The van der Waals surface area contributed by atoms with Crippen LogP contribution in [0.15, 0.2) is 18.2 Å². The maximum atomic E-state index is 13.5. The minimum atomic E-state index is -3.61. The summed E-state index contributed by atoms with van der Waals surface area (Å²) >= 11 is 0. The molecular weight excluding hydrogens is 285 g/mol. The number of sulfonamides is 1. The van der Waals surface area contributed by atoms with Crippen molar-refractivity contribution in [1.29, 1.82) is 0 Å². The second-order valence-electron chi connectivity index (χ2n) is 4.79. The highest BCUT2D eigenvalue weighted by molar-refractivity contribution is 7.92. The first-order valence-corrected chi connectivity index (χ1v) is 7.82. The van der Waals surface area contributed by atoms with Gasteiger partial charge in [0.15, 0.2) is 0 Å². The van der Waals surface area contributed by atoms with Crippen molar-refractivity contribution in [3.63, 3.8) is 0 Å². The third-order valence-corrected chi connectivity index (χ3v) is 3.36. The van der Waals surface area contributed by atoms with E-state index in [2.05, 4.69) is 5.32 Å². The van der Waals surface area contributed by atoms with E-state index in [0.29, 0.717) is 6.42 Å². The Balaban J connectivity index is 2.99. The van der Waals surface area contributed by atoms with Crippen LogP contribution in [0.3, 0.4) is 0 Å². The molecule has 1 aromatic carbocycles. The summed E-state index contributed by atoms with van der Waals surface area (Å²) < 4.78 is 37.7. The zero-order valence-corrected chi connectivity index (χ0v) is 12.3. The van der Waals surface area contributed by atoms with Gasteiger partial charge in [-0.05, 0) is 31.5 Å². The molecule has 0 aromatic heterocycles. The molecule has 6 nitrogen and oxygen atoms in total. The van der Waals surface area contributed by atoms with Crippen LogP contribution in [0.2, 0.25) is 0 Å². The van der Waals surface area contributed by atoms with Gasteiger partial charge in [-0.25, -0.2) is 12.8 Å². The van der Waals surface area contributed by atoms with Crippen LogP contribution in [0.4, 0.5) is 15.8 Å². The van der Waals surface area contributed by atoms with Gasteiger partial charge in [0.25, 0.3) is 0 Å². The standard InChI is InChI=1S/C12H18FN3O3S/c1-4-12(2,14)11(17)15-8-5-6-9(13)10(7-8)16-20(3,18)19/h5-7,16H,4,14H2,1-3H3,(H,15,17).